The number of hydrogen-bond acceptors (Lipinski definition) is 13. The lowest BCUT2D eigenvalue weighted by atomic mass is 9.95. The number of benzene rings is 3. The van der Waals surface area contributed by atoms with E-state index in [1.165, 1.54) is 38.6 Å². The molecule has 4 rings (SSSR count). The predicted octanol–water partition coefficient (Wildman–Crippen LogP) is 4.80. The summed E-state index contributed by atoms with van der Waals surface area (Å²) in [6.07, 6.45) is 1.29. The van der Waals surface area contributed by atoms with E-state index in [9.17, 15) is 34.6 Å². The number of hydrogen-bond donors (Lipinski definition) is 3. The van der Waals surface area contributed by atoms with Gasteiger partial charge in [0.2, 0.25) is 5.75 Å². The molecule has 19 heteroatoms. The van der Waals surface area contributed by atoms with Crippen LogP contribution in [0.2, 0.25) is 0 Å². The van der Waals surface area contributed by atoms with Crippen LogP contribution in [0.5, 0.6) is 28.7 Å². The van der Waals surface area contributed by atoms with E-state index in [4.69, 9.17) is 23.7 Å². The normalized spacial score (nSPS) is 13.9. The fraction of sp³-hybridized carbons (Fsp3) is 0.226. The van der Waals surface area contributed by atoms with Crippen molar-refractivity contribution in [1.82, 2.24) is 16.1 Å². The highest BCUT2D eigenvalue weighted by molar-refractivity contribution is 9.10. The molecule has 262 valence electrons. The molecule has 3 amide bonds. The molecule has 0 saturated carbocycles. The fourth-order valence-corrected chi connectivity index (χ4v) is 5.17. The lowest BCUT2D eigenvalue weighted by Crippen LogP contribution is -2.45. The number of halogens is 1. The quantitative estimate of drug-likeness (QED) is 0.0872. The standard InChI is InChI=1S/C31H29BrN6O12/c1-5-48-30(40)27-16(2)34-31(41)35-28(27)18-6-8-23(24(12-18)46-3)49-15-26(39)36-33-14-17-10-20(32)29(25(11-17)47-4)50-22-9-7-19(37(42)43)13-21(22)38(44)45/h6-14,28H,5,15H2,1-4H3,(H,36,39)(H2,34,35,41)/b33-14-/t28-/m0/s1. The largest absolute Gasteiger partial charge is 0.493 e. The van der Waals surface area contributed by atoms with Gasteiger partial charge in [0.05, 0.1) is 59.0 Å². The predicted molar refractivity (Wildman–Crippen MR) is 178 cm³/mol. The number of carbonyl (C=O) groups excluding carboxylic acids is 3. The molecule has 0 bridgehead atoms. The SMILES string of the molecule is CCOC(=O)C1=C(C)NC(=O)N[C@H]1c1ccc(OCC(=O)N/N=C\c2cc(Br)c(Oc3ccc([N+](=O)[O-])cc3[N+](=O)[O-])c(OC)c2)c(OC)c1. The average molecular weight is 758 g/mol. The second kappa shape index (κ2) is 16.2. The third-order valence-corrected chi connectivity index (χ3v) is 7.45. The Labute approximate surface area is 291 Å². The van der Waals surface area contributed by atoms with Crippen LogP contribution in [0.15, 0.2) is 69.4 Å². The number of nitrogens with one attached hydrogen (secondary N) is 3. The molecule has 0 saturated heterocycles. The second-order valence-electron chi connectivity index (χ2n) is 10.1. The smallest absolute Gasteiger partial charge is 0.338 e. The number of urea groups is 1. The summed E-state index contributed by atoms with van der Waals surface area (Å²) in [6, 6.07) is 9.33. The van der Waals surface area contributed by atoms with Gasteiger partial charge >= 0.3 is 17.7 Å². The molecule has 18 nitrogen and oxygen atoms in total. The van der Waals surface area contributed by atoms with Gasteiger partial charge in [-0.15, -0.1) is 0 Å². The zero-order valence-electron chi connectivity index (χ0n) is 26.8. The summed E-state index contributed by atoms with van der Waals surface area (Å²) >= 11 is 3.32. The lowest BCUT2D eigenvalue weighted by molar-refractivity contribution is -0.394. The Kier molecular flexibility index (Phi) is 11.9. The molecule has 1 aliphatic rings. The van der Waals surface area contributed by atoms with Crippen molar-refractivity contribution in [3.63, 3.8) is 0 Å². The van der Waals surface area contributed by atoms with Crippen molar-refractivity contribution in [3.8, 4) is 28.7 Å². The monoisotopic (exact) mass is 756 g/mol. The van der Waals surface area contributed by atoms with Gasteiger partial charge in [-0.3, -0.25) is 25.0 Å². The Morgan fingerprint density at radius 1 is 1.00 bits per heavy atom. The number of esters is 1. The first-order valence-electron chi connectivity index (χ1n) is 14.4. The zero-order valence-corrected chi connectivity index (χ0v) is 28.4. The summed E-state index contributed by atoms with van der Waals surface area (Å²) < 4.78 is 27.6. The maximum absolute atomic E-state index is 12.6. The van der Waals surface area contributed by atoms with E-state index in [2.05, 4.69) is 37.1 Å². The van der Waals surface area contributed by atoms with Crippen LogP contribution in [-0.2, 0) is 14.3 Å². The summed E-state index contributed by atoms with van der Waals surface area (Å²) in [4.78, 5) is 58.3. The van der Waals surface area contributed by atoms with Gasteiger partial charge in [0, 0.05) is 11.8 Å². The first-order chi connectivity index (χ1) is 23.9. The number of carbonyl (C=O) groups is 3. The summed E-state index contributed by atoms with van der Waals surface area (Å²) in [7, 11) is 2.72. The maximum Gasteiger partial charge on any atom is 0.338 e. The molecule has 0 spiro atoms. The zero-order chi connectivity index (χ0) is 36.5. The molecule has 0 aliphatic carbocycles. The molecule has 0 unspecified atom stereocenters. The number of non-ortho nitro benzene ring substituents is 1. The number of ether oxygens (including phenoxy) is 5. The number of nitrogens with zero attached hydrogens (tertiary/aromatic N) is 3. The fourth-order valence-electron chi connectivity index (χ4n) is 4.63. The van der Waals surface area contributed by atoms with E-state index < -0.39 is 51.8 Å². The highest BCUT2D eigenvalue weighted by atomic mass is 79.9. The van der Waals surface area contributed by atoms with Crippen molar-refractivity contribution < 1.29 is 47.9 Å². The van der Waals surface area contributed by atoms with Crippen LogP contribution in [0, 0.1) is 20.2 Å². The van der Waals surface area contributed by atoms with E-state index in [1.54, 1.807) is 26.0 Å². The minimum absolute atomic E-state index is 0.0461. The lowest BCUT2D eigenvalue weighted by Gasteiger charge is -2.28. The van der Waals surface area contributed by atoms with Gasteiger partial charge in [0.15, 0.2) is 29.6 Å². The van der Waals surface area contributed by atoms with Gasteiger partial charge in [-0.1, -0.05) is 6.07 Å². The third-order valence-electron chi connectivity index (χ3n) is 6.86. The van der Waals surface area contributed by atoms with Crippen LogP contribution in [0.25, 0.3) is 0 Å². The van der Waals surface area contributed by atoms with Crippen molar-refractivity contribution in [2.45, 2.75) is 19.9 Å². The van der Waals surface area contributed by atoms with Crippen LogP contribution in [0.4, 0.5) is 16.2 Å². The first kappa shape index (κ1) is 36.6. The van der Waals surface area contributed by atoms with E-state index >= 15 is 0 Å². The molecule has 3 aromatic carbocycles. The minimum Gasteiger partial charge on any atom is -0.493 e. The molecule has 3 N–H and O–H groups in total. The van der Waals surface area contributed by atoms with Crippen molar-refractivity contribution in [1.29, 1.82) is 0 Å². The summed E-state index contributed by atoms with van der Waals surface area (Å²) in [5.41, 5.74) is 2.72. The topological polar surface area (TPSA) is 232 Å². The van der Waals surface area contributed by atoms with Crippen molar-refractivity contribution >= 4 is 51.4 Å². The molecular weight excluding hydrogens is 728 g/mol. The molecular formula is C31H29BrN6O12. The molecule has 0 aromatic heterocycles. The first-order valence-corrected chi connectivity index (χ1v) is 15.2. The highest BCUT2D eigenvalue weighted by Crippen LogP contribution is 2.42. The summed E-state index contributed by atoms with van der Waals surface area (Å²) in [5, 5.41) is 31.7. The van der Waals surface area contributed by atoms with Crippen molar-refractivity contribution in [2.75, 3.05) is 27.4 Å². The molecule has 0 radical (unpaired) electrons. The molecule has 0 fully saturated rings. The Hall–Kier alpha value is -6.24. The summed E-state index contributed by atoms with van der Waals surface area (Å²) in [6.45, 7) is 2.94. The number of nitro groups is 2. The number of rotatable bonds is 14. The van der Waals surface area contributed by atoms with Crippen LogP contribution in [-0.4, -0.2) is 61.4 Å². The molecule has 50 heavy (non-hydrogen) atoms. The summed E-state index contributed by atoms with van der Waals surface area (Å²) in [5.74, 6) is -0.879. The van der Waals surface area contributed by atoms with Crippen molar-refractivity contribution in [2.24, 2.45) is 5.10 Å². The third kappa shape index (κ3) is 8.61. The van der Waals surface area contributed by atoms with E-state index in [0.717, 1.165) is 18.2 Å². The van der Waals surface area contributed by atoms with E-state index in [1.807, 2.05) is 0 Å². The van der Waals surface area contributed by atoms with E-state index in [-0.39, 0.29) is 40.9 Å². The number of methoxy groups -OCH3 is 2. The maximum atomic E-state index is 12.6. The Bertz CT molecular complexity index is 1910. The second-order valence-corrected chi connectivity index (χ2v) is 10.9. The Morgan fingerprint density at radius 2 is 1.72 bits per heavy atom. The molecule has 1 aliphatic heterocycles. The van der Waals surface area contributed by atoms with Gasteiger partial charge in [0.1, 0.15) is 0 Å². The minimum atomic E-state index is -0.830. The molecule has 1 heterocycles. The van der Waals surface area contributed by atoms with Crippen molar-refractivity contribution in [3.05, 3.63) is 95.6 Å². The number of nitro benzene ring substituents is 2. The Balaban J connectivity index is 1.42. The number of hydrazone groups is 1. The number of amides is 3. The van der Waals surface area contributed by atoms with Gasteiger partial charge in [-0.2, -0.15) is 5.10 Å². The van der Waals surface area contributed by atoms with E-state index in [0.29, 0.717) is 21.3 Å². The number of allylic oxidation sites excluding steroid dienone is 1. The van der Waals surface area contributed by atoms with Crippen LogP contribution >= 0.6 is 15.9 Å². The highest BCUT2D eigenvalue weighted by Gasteiger charge is 2.33. The van der Waals surface area contributed by atoms with Crippen LogP contribution in [0.1, 0.15) is 31.0 Å². The van der Waals surface area contributed by atoms with Crippen LogP contribution < -0.4 is 35.0 Å². The van der Waals surface area contributed by atoms with Gasteiger partial charge in [0.25, 0.3) is 11.6 Å². The van der Waals surface area contributed by atoms with Gasteiger partial charge < -0.3 is 34.3 Å². The van der Waals surface area contributed by atoms with Gasteiger partial charge in [-0.05, 0) is 71.2 Å². The van der Waals surface area contributed by atoms with Gasteiger partial charge in [-0.25, -0.2) is 15.0 Å². The Morgan fingerprint density at radius 3 is 2.38 bits per heavy atom. The molecule has 3 aromatic rings. The molecule has 1 atom stereocenters. The van der Waals surface area contributed by atoms with Crippen LogP contribution in [0.3, 0.4) is 0 Å². The average Bonchev–Trinajstić information content (AvgIpc) is 3.07.